The van der Waals surface area contributed by atoms with Crippen LogP contribution in [0.4, 0.5) is 13.6 Å². The number of carbonyl (C=O) groups is 1. The summed E-state index contributed by atoms with van der Waals surface area (Å²) in [5.74, 6) is -1.26. The van der Waals surface area contributed by atoms with Crippen LogP contribution in [0.25, 0.3) is 0 Å². The molecule has 112 valence electrons. The van der Waals surface area contributed by atoms with Crippen LogP contribution in [0, 0.1) is 11.6 Å². The Hall–Kier alpha value is -2.51. The zero-order valence-corrected chi connectivity index (χ0v) is 11.6. The molecule has 6 nitrogen and oxygen atoms in total. The molecule has 2 N–H and O–H groups in total. The van der Waals surface area contributed by atoms with Crippen LogP contribution in [0.2, 0.25) is 0 Å². The normalized spacial score (nSPS) is 12.0. The van der Waals surface area contributed by atoms with Gasteiger partial charge >= 0.3 is 6.03 Å². The Labute approximate surface area is 120 Å². The van der Waals surface area contributed by atoms with E-state index in [2.05, 4.69) is 20.9 Å². The summed E-state index contributed by atoms with van der Waals surface area (Å²) in [6.45, 7) is 1.93. The highest BCUT2D eigenvalue weighted by atomic mass is 19.1. The number of hydrogen-bond donors (Lipinski definition) is 2. The van der Waals surface area contributed by atoms with Gasteiger partial charge in [0.1, 0.15) is 17.3 Å². The zero-order chi connectivity index (χ0) is 15.4. The number of rotatable bonds is 4. The molecule has 0 radical (unpaired) electrons. The molecule has 1 aromatic carbocycles. The second-order valence-corrected chi connectivity index (χ2v) is 4.46. The average molecular weight is 295 g/mol. The fraction of sp³-hybridized carbons (Fsp3) is 0.308. The molecule has 0 fully saturated rings. The molecule has 0 saturated carbocycles. The fourth-order valence-corrected chi connectivity index (χ4v) is 1.83. The van der Waals surface area contributed by atoms with Gasteiger partial charge < -0.3 is 10.6 Å². The smallest absolute Gasteiger partial charge is 0.314 e. The maximum absolute atomic E-state index is 13.7. The highest BCUT2D eigenvalue weighted by molar-refractivity contribution is 5.73. The SMILES string of the molecule is CNC(=O)NCc1cn([C@@H](C)c2ccc(F)cc2F)nn1. The van der Waals surface area contributed by atoms with E-state index in [1.165, 1.54) is 23.9 Å². The second kappa shape index (κ2) is 6.29. The zero-order valence-electron chi connectivity index (χ0n) is 11.6. The van der Waals surface area contributed by atoms with Crippen LogP contribution >= 0.6 is 0 Å². The van der Waals surface area contributed by atoms with Crippen molar-refractivity contribution in [3.63, 3.8) is 0 Å². The van der Waals surface area contributed by atoms with Crippen molar-refractivity contribution in [1.82, 2.24) is 25.6 Å². The van der Waals surface area contributed by atoms with Crippen molar-refractivity contribution in [2.24, 2.45) is 0 Å². The topological polar surface area (TPSA) is 71.8 Å². The summed E-state index contributed by atoms with van der Waals surface area (Å²) in [5.41, 5.74) is 0.847. The summed E-state index contributed by atoms with van der Waals surface area (Å²) in [4.78, 5) is 11.1. The minimum absolute atomic E-state index is 0.207. The number of urea groups is 1. The van der Waals surface area contributed by atoms with Crippen molar-refractivity contribution >= 4 is 6.03 Å². The Bertz CT molecular complexity index is 643. The van der Waals surface area contributed by atoms with E-state index in [9.17, 15) is 13.6 Å². The third kappa shape index (κ3) is 3.53. The van der Waals surface area contributed by atoms with Crippen LogP contribution in [0.3, 0.4) is 0 Å². The summed E-state index contributed by atoms with van der Waals surface area (Å²) in [6, 6.07) is 2.63. The van der Waals surface area contributed by atoms with Gasteiger partial charge in [0.15, 0.2) is 0 Å². The summed E-state index contributed by atoms with van der Waals surface area (Å²) >= 11 is 0. The third-order valence-electron chi connectivity index (χ3n) is 3.02. The highest BCUT2D eigenvalue weighted by Crippen LogP contribution is 2.21. The van der Waals surface area contributed by atoms with Crippen molar-refractivity contribution in [1.29, 1.82) is 0 Å². The number of benzene rings is 1. The molecule has 0 aliphatic heterocycles. The lowest BCUT2D eigenvalue weighted by Gasteiger charge is -2.12. The minimum Gasteiger partial charge on any atom is -0.341 e. The first kappa shape index (κ1) is 14.9. The molecule has 21 heavy (non-hydrogen) atoms. The predicted octanol–water partition coefficient (Wildman–Crippen LogP) is 1.59. The Balaban J connectivity index is 2.11. The molecule has 0 aliphatic rings. The number of nitrogens with one attached hydrogen (secondary N) is 2. The fourth-order valence-electron chi connectivity index (χ4n) is 1.83. The molecular weight excluding hydrogens is 280 g/mol. The van der Waals surface area contributed by atoms with Gasteiger partial charge in [0.2, 0.25) is 0 Å². The number of aromatic nitrogens is 3. The Morgan fingerprint density at radius 1 is 1.43 bits per heavy atom. The molecule has 2 rings (SSSR count). The van der Waals surface area contributed by atoms with E-state index in [4.69, 9.17) is 0 Å². The second-order valence-electron chi connectivity index (χ2n) is 4.46. The Kier molecular flexibility index (Phi) is 4.46. The molecule has 0 unspecified atom stereocenters. The van der Waals surface area contributed by atoms with E-state index in [-0.39, 0.29) is 12.6 Å². The van der Waals surface area contributed by atoms with Crippen LogP contribution in [0.1, 0.15) is 24.2 Å². The van der Waals surface area contributed by atoms with Crippen LogP contribution < -0.4 is 10.6 Å². The molecule has 2 amide bonds. The van der Waals surface area contributed by atoms with Gasteiger partial charge in [-0.2, -0.15) is 0 Å². The van der Waals surface area contributed by atoms with Gasteiger partial charge in [-0.15, -0.1) is 5.10 Å². The first-order valence-corrected chi connectivity index (χ1v) is 6.32. The van der Waals surface area contributed by atoms with Crippen LogP contribution in [-0.4, -0.2) is 28.1 Å². The van der Waals surface area contributed by atoms with Gasteiger partial charge in [-0.05, 0) is 13.0 Å². The predicted molar refractivity (Wildman–Crippen MR) is 71.5 cm³/mol. The lowest BCUT2D eigenvalue weighted by atomic mass is 10.1. The molecule has 1 aromatic heterocycles. The first-order valence-electron chi connectivity index (χ1n) is 6.32. The Morgan fingerprint density at radius 2 is 2.19 bits per heavy atom. The number of hydrogen-bond acceptors (Lipinski definition) is 3. The number of carbonyl (C=O) groups excluding carboxylic acids is 1. The van der Waals surface area contributed by atoms with Crippen molar-refractivity contribution < 1.29 is 13.6 Å². The van der Waals surface area contributed by atoms with Crippen molar-refractivity contribution in [3.8, 4) is 0 Å². The van der Waals surface area contributed by atoms with Gasteiger partial charge in [0.25, 0.3) is 0 Å². The molecule has 8 heteroatoms. The minimum atomic E-state index is -0.636. The molecule has 0 saturated heterocycles. The molecule has 0 spiro atoms. The van der Waals surface area contributed by atoms with Crippen LogP contribution in [0.5, 0.6) is 0 Å². The molecular formula is C13H15F2N5O. The van der Waals surface area contributed by atoms with Gasteiger partial charge in [-0.3, -0.25) is 0 Å². The molecule has 2 aromatic rings. The standard InChI is InChI=1S/C13H15F2N5O/c1-8(11-4-3-9(14)5-12(11)15)20-7-10(18-19-20)6-17-13(21)16-2/h3-5,7-8H,6H2,1-2H3,(H2,16,17,21)/t8-/m0/s1. The van der Waals surface area contributed by atoms with Gasteiger partial charge in [0, 0.05) is 18.7 Å². The number of halogens is 2. The maximum Gasteiger partial charge on any atom is 0.314 e. The van der Waals surface area contributed by atoms with E-state index < -0.39 is 17.7 Å². The summed E-state index contributed by atoms with van der Waals surface area (Å²) in [5, 5.41) is 12.8. The summed E-state index contributed by atoms with van der Waals surface area (Å²) in [7, 11) is 1.51. The highest BCUT2D eigenvalue weighted by Gasteiger charge is 2.15. The van der Waals surface area contributed by atoms with Crippen LogP contribution in [0.15, 0.2) is 24.4 Å². The monoisotopic (exact) mass is 295 g/mol. The van der Waals surface area contributed by atoms with E-state index in [1.807, 2.05) is 0 Å². The number of amides is 2. The molecule has 0 bridgehead atoms. The first-order chi connectivity index (χ1) is 10.0. The van der Waals surface area contributed by atoms with Gasteiger partial charge in [0.05, 0.1) is 18.8 Å². The molecule has 1 heterocycles. The van der Waals surface area contributed by atoms with Crippen molar-refractivity contribution in [2.45, 2.75) is 19.5 Å². The van der Waals surface area contributed by atoms with E-state index in [0.29, 0.717) is 11.3 Å². The van der Waals surface area contributed by atoms with E-state index in [0.717, 1.165) is 6.07 Å². The number of nitrogens with zero attached hydrogens (tertiary/aromatic N) is 3. The van der Waals surface area contributed by atoms with Crippen molar-refractivity contribution in [2.75, 3.05) is 7.05 Å². The summed E-state index contributed by atoms with van der Waals surface area (Å²) in [6.07, 6.45) is 1.60. The van der Waals surface area contributed by atoms with Gasteiger partial charge in [-0.25, -0.2) is 18.3 Å². The molecule has 0 aliphatic carbocycles. The summed E-state index contributed by atoms with van der Waals surface area (Å²) < 4.78 is 28.1. The third-order valence-corrected chi connectivity index (χ3v) is 3.02. The largest absolute Gasteiger partial charge is 0.341 e. The maximum atomic E-state index is 13.7. The van der Waals surface area contributed by atoms with Crippen molar-refractivity contribution in [3.05, 3.63) is 47.3 Å². The molecule has 1 atom stereocenters. The lowest BCUT2D eigenvalue weighted by Crippen LogP contribution is -2.32. The lowest BCUT2D eigenvalue weighted by molar-refractivity contribution is 0.242. The van der Waals surface area contributed by atoms with Gasteiger partial charge in [-0.1, -0.05) is 11.3 Å². The van der Waals surface area contributed by atoms with E-state index >= 15 is 0 Å². The van der Waals surface area contributed by atoms with E-state index in [1.54, 1.807) is 13.1 Å². The Morgan fingerprint density at radius 3 is 2.86 bits per heavy atom. The quantitative estimate of drug-likeness (QED) is 0.900. The van der Waals surface area contributed by atoms with Crippen LogP contribution in [-0.2, 0) is 6.54 Å². The average Bonchev–Trinajstić information content (AvgIpc) is 2.93.